The average Bonchev–Trinajstić information content (AvgIpc) is 2.59. The van der Waals surface area contributed by atoms with E-state index in [1.165, 1.54) is 29.8 Å². The van der Waals surface area contributed by atoms with Crippen molar-refractivity contribution in [2.24, 2.45) is 0 Å². The van der Waals surface area contributed by atoms with Gasteiger partial charge in [-0.2, -0.15) is 5.10 Å². The number of H-pyrrole nitrogens is 1. The monoisotopic (exact) mass is 163 g/mol. The number of rotatable bonds is 0. The fourth-order valence-corrected chi connectivity index (χ4v) is 2.55. The molecule has 0 aromatic carbocycles. The SMILES string of the molecule is Cc1[nH]nc2c1[C@@H]1CC[C@@H](C2)N1. The van der Waals surface area contributed by atoms with E-state index < -0.39 is 0 Å². The summed E-state index contributed by atoms with van der Waals surface area (Å²) in [6, 6.07) is 1.29. The van der Waals surface area contributed by atoms with Gasteiger partial charge in [-0.1, -0.05) is 0 Å². The van der Waals surface area contributed by atoms with Gasteiger partial charge in [-0.15, -0.1) is 0 Å². The van der Waals surface area contributed by atoms with Crippen LogP contribution < -0.4 is 5.32 Å². The second kappa shape index (κ2) is 2.10. The molecule has 2 aliphatic rings. The maximum absolute atomic E-state index is 4.33. The Morgan fingerprint density at radius 1 is 1.42 bits per heavy atom. The van der Waals surface area contributed by atoms with Crippen LogP contribution in [0, 0.1) is 6.92 Å². The van der Waals surface area contributed by atoms with E-state index in [0.717, 1.165) is 6.42 Å². The molecular formula is C9H13N3. The van der Waals surface area contributed by atoms with E-state index in [9.17, 15) is 0 Å². The van der Waals surface area contributed by atoms with Crippen LogP contribution in [0.5, 0.6) is 0 Å². The van der Waals surface area contributed by atoms with E-state index in [4.69, 9.17) is 0 Å². The summed E-state index contributed by atoms with van der Waals surface area (Å²) in [6.45, 7) is 2.12. The van der Waals surface area contributed by atoms with Crippen molar-refractivity contribution in [3.8, 4) is 0 Å². The Balaban J connectivity index is 2.15. The second-order valence-electron chi connectivity index (χ2n) is 3.91. The zero-order chi connectivity index (χ0) is 8.13. The van der Waals surface area contributed by atoms with E-state index >= 15 is 0 Å². The third kappa shape index (κ3) is 0.719. The lowest BCUT2D eigenvalue weighted by Gasteiger charge is -2.20. The van der Waals surface area contributed by atoms with Crippen LogP contribution in [0.1, 0.15) is 35.8 Å². The molecule has 2 atom stereocenters. The number of fused-ring (bicyclic) bond motifs is 4. The molecule has 3 heterocycles. The molecule has 3 nitrogen and oxygen atoms in total. The summed E-state index contributed by atoms with van der Waals surface area (Å²) in [5.41, 5.74) is 4.00. The number of aromatic nitrogens is 2. The molecule has 0 unspecified atom stereocenters. The molecule has 12 heavy (non-hydrogen) atoms. The topological polar surface area (TPSA) is 40.7 Å². The molecule has 3 heteroatoms. The van der Waals surface area contributed by atoms with Gasteiger partial charge in [0, 0.05) is 29.8 Å². The van der Waals surface area contributed by atoms with E-state index in [0.29, 0.717) is 12.1 Å². The van der Waals surface area contributed by atoms with Crippen LogP contribution in [0.15, 0.2) is 0 Å². The quantitative estimate of drug-likeness (QED) is 0.600. The maximum atomic E-state index is 4.33. The van der Waals surface area contributed by atoms with Crippen molar-refractivity contribution < 1.29 is 0 Å². The van der Waals surface area contributed by atoms with Crippen molar-refractivity contribution in [2.45, 2.75) is 38.3 Å². The Labute approximate surface area is 71.6 Å². The third-order valence-corrected chi connectivity index (χ3v) is 3.10. The largest absolute Gasteiger partial charge is 0.307 e. The van der Waals surface area contributed by atoms with E-state index in [2.05, 4.69) is 22.4 Å². The van der Waals surface area contributed by atoms with Crippen LogP contribution in [0.3, 0.4) is 0 Å². The van der Waals surface area contributed by atoms with E-state index in [1.807, 2.05) is 0 Å². The van der Waals surface area contributed by atoms with Gasteiger partial charge in [0.15, 0.2) is 0 Å². The lowest BCUT2D eigenvalue weighted by molar-refractivity contribution is 0.510. The van der Waals surface area contributed by atoms with Gasteiger partial charge >= 0.3 is 0 Å². The summed E-state index contributed by atoms with van der Waals surface area (Å²) >= 11 is 0. The molecular weight excluding hydrogens is 150 g/mol. The van der Waals surface area contributed by atoms with Crippen LogP contribution in [-0.2, 0) is 6.42 Å². The van der Waals surface area contributed by atoms with Gasteiger partial charge in [-0.3, -0.25) is 5.10 Å². The first-order valence-electron chi connectivity index (χ1n) is 4.64. The van der Waals surface area contributed by atoms with Crippen molar-refractivity contribution >= 4 is 0 Å². The normalized spacial score (nSPS) is 32.1. The van der Waals surface area contributed by atoms with Gasteiger partial charge in [0.2, 0.25) is 0 Å². The van der Waals surface area contributed by atoms with Crippen LogP contribution in [0.25, 0.3) is 0 Å². The van der Waals surface area contributed by atoms with Crippen molar-refractivity contribution in [2.75, 3.05) is 0 Å². The molecule has 2 bridgehead atoms. The van der Waals surface area contributed by atoms with Gasteiger partial charge in [-0.25, -0.2) is 0 Å². The summed E-state index contributed by atoms with van der Waals surface area (Å²) < 4.78 is 0. The number of aromatic amines is 1. The Hall–Kier alpha value is -0.830. The van der Waals surface area contributed by atoms with Gasteiger partial charge in [-0.05, 0) is 19.8 Å². The summed E-state index contributed by atoms with van der Waals surface area (Å²) in [6.07, 6.45) is 3.73. The second-order valence-corrected chi connectivity index (χ2v) is 3.91. The fraction of sp³-hybridized carbons (Fsp3) is 0.667. The molecule has 0 radical (unpaired) electrons. The van der Waals surface area contributed by atoms with E-state index in [1.54, 1.807) is 0 Å². The predicted molar refractivity (Wildman–Crippen MR) is 45.9 cm³/mol. The standard InChI is InChI=1S/C9H13N3/c1-5-9-7-3-2-6(10-7)4-8(9)12-11-5/h6-7,10H,2-4H2,1H3,(H,11,12)/t6-,7-/m0/s1. The van der Waals surface area contributed by atoms with Gasteiger partial charge in [0.1, 0.15) is 0 Å². The van der Waals surface area contributed by atoms with Crippen molar-refractivity contribution in [1.29, 1.82) is 0 Å². The smallest absolute Gasteiger partial charge is 0.0688 e. The van der Waals surface area contributed by atoms with Crippen molar-refractivity contribution in [3.63, 3.8) is 0 Å². The Kier molecular flexibility index (Phi) is 1.17. The fourth-order valence-electron chi connectivity index (χ4n) is 2.55. The highest BCUT2D eigenvalue weighted by Gasteiger charge is 2.34. The molecule has 0 spiro atoms. The number of nitrogens with one attached hydrogen (secondary N) is 2. The minimum atomic E-state index is 0.595. The molecule has 2 aliphatic heterocycles. The molecule has 2 N–H and O–H groups in total. The molecule has 1 aromatic heterocycles. The molecule has 0 amide bonds. The van der Waals surface area contributed by atoms with Gasteiger partial charge in [0.25, 0.3) is 0 Å². The number of hydrogen-bond acceptors (Lipinski definition) is 2. The summed E-state index contributed by atoms with van der Waals surface area (Å²) in [5.74, 6) is 0. The molecule has 0 aliphatic carbocycles. The van der Waals surface area contributed by atoms with Gasteiger partial charge in [0.05, 0.1) is 5.69 Å². The lowest BCUT2D eigenvalue weighted by atomic mass is 10.0. The Bertz CT molecular complexity index is 316. The summed E-state index contributed by atoms with van der Waals surface area (Å²) in [4.78, 5) is 0. The van der Waals surface area contributed by atoms with Gasteiger partial charge < -0.3 is 5.32 Å². The average molecular weight is 163 g/mol. The first-order chi connectivity index (χ1) is 5.84. The number of nitrogens with zero attached hydrogens (tertiary/aromatic N) is 1. The minimum absolute atomic E-state index is 0.595. The highest BCUT2D eigenvalue weighted by molar-refractivity contribution is 5.33. The molecule has 3 rings (SSSR count). The maximum Gasteiger partial charge on any atom is 0.0688 e. The Morgan fingerprint density at radius 3 is 3.25 bits per heavy atom. The van der Waals surface area contributed by atoms with Crippen molar-refractivity contribution in [3.05, 3.63) is 17.0 Å². The molecule has 64 valence electrons. The highest BCUT2D eigenvalue weighted by atomic mass is 15.1. The van der Waals surface area contributed by atoms with Crippen LogP contribution in [0.2, 0.25) is 0 Å². The molecule has 0 saturated carbocycles. The molecule has 1 fully saturated rings. The zero-order valence-corrected chi connectivity index (χ0v) is 7.22. The first kappa shape index (κ1) is 6.66. The highest BCUT2D eigenvalue weighted by Crippen LogP contribution is 2.36. The number of aryl methyl sites for hydroxylation is 1. The third-order valence-electron chi connectivity index (χ3n) is 3.10. The first-order valence-corrected chi connectivity index (χ1v) is 4.64. The minimum Gasteiger partial charge on any atom is -0.307 e. The number of hydrogen-bond donors (Lipinski definition) is 2. The van der Waals surface area contributed by atoms with Crippen molar-refractivity contribution in [1.82, 2.24) is 15.5 Å². The summed E-state index contributed by atoms with van der Waals surface area (Å²) in [7, 11) is 0. The Morgan fingerprint density at radius 2 is 2.33 bits per heavy atom. The predicted octanol–water partition coefficient (Wildman–Crippen LogP) is 1.07. The lowest BCUT2D eigenvalue weighted by Crippen LogP contribution is -2.31. The zero-order valence-electron chi connectivity index (χ0n) is 7.22. The molecule has 1 saturated heterocycles. The summed E-state index contributed by atoms with van der Waals surface area (Å²) in [5, 5.41) is 11.0. The molecule has 1 aromatic rings. The van der Waals surface area contributed by atoms with Crippen LogP contribution in [-0.4, -0.2) is 16.2 Å². The van der Waals surface area contributed by atoms with E-state index in [-0.39, 0.29) is 0 Å². The van der Waals surface area contributed by atoms with Crippen LogP contribution in [0.4, 0.5) is 0 Å². The van der Waals surface area contributed by atoms with Crippen LogP contribution >= 0.6 is 0 Å².